The quantitative estimate of drug-likeness (QED) is 0.532. The van der Waals surface area contributed by atoms with Crippen LogP contribution >= 0.6 is 0 Å². The number of rotatable bonds is 3. The summed E-state index contributed by atoms with van der Waals surface area (Å²) in [6.45, 7) is 2.70. The summed E-state index contributed by atoms with van der Waals surface area (Å²) in [7, 11) is 5.62. The van der Waals surface area contributed by atoms with E-state index in [2.05, 4.69) is 26.5 Å². The van der Waals surface area contributed by atoms with Crippen LogP contribution in [-0.2, 0) is 0 Å². The molecule has 0 aliphatic heterocycles. The van der Waals surface area contributed by atoms with Gasteiger partial charge in [0, 0.05) is 27.7 Å². The van der Waals surface area contributed by atoms with Crippen molar-refractivity contribution >= 4 is 13.2 Å². The monoisotopic (exact) mass is 144 g/mol. The summed E-state index contributed by atoms with van der Waals surface area (Å²) in [5.41, 5.74) is 0. The highest BCUT2D eigenvalue weighted by Gasteiger charge is 2.05. The standard InChI is InChI=1S/C6H17BN2O/c1-5-8-6(10)7-9(2,3)4/h5,7H2,1-4H3,(H,8,10). The van der Waals surface area contributed by atoms with Gasteiger partial charge >= 0.3 is 0 Å². The van der Waals surface area contributed by atoms with Crippen LogP contribution in [0, 0.1) is 0 Å². The van der Waals surface area contributed by atoms with E-state index in [1.807, 2.05) is 6.92 Å². The van der Waals surface area contributed by atoms with Crippen molar-refractivity contribution in [2.75, 3.05) is 27.7 Å². The maximum absolute atomic E-state index is 11.0. The fourth-order valence-electron chi connectivity index (χ4n) is 0.937. The number of nitrogens with zero attached hydrogens (tertiary/aromatic N) is 1. The summed E-state index contributed by atoms with van der Waals surface area (Å²) in [5.74, 6) is 0.245. The molecular weight excluding hydrogens is 127 g/mol. The van der Waals surface area contributed by atoms with E-state index in [0.717, 1.165) is 10.9 Å². The molecule has 0 unspecified atom stereocenters. The Balaban J connectivity index is 3.58. The summed E-state index contributed by atoms with van der Waals surface area (Å²) >= 11 is 0. The number of carbonyl (C=O) groups excluding carboxylic acids is 1. The van der Waals surface area contributed by atoms with Crippen molar-refractivity contribution in [3.63, 3.8) is 0 Å². The minimum Gasteiger partial charge on any atom is -0.521 e. The van der Waals surface area contributed by atoms with Gasteiger partial charge in [0.15, 0.2) is 0 Å². The maximum Gasteiger partial charge on any atom is 0.269 e. The minimum absolute atomic E-state index is 0.245. The van der Waals surface area contributed by atoms with Crippen molar-refractivity contribution in [2.45, 2.75) is 6.92 Å². The second-order valence-corrected chi connectivity index (χ2v) is 3.99. The Labute approximate surface area is 63.3 Å². The molecule has 0 fully saturated rings. The van der Waals surface area contributed by atoms with Gasteiger partial charge in [-0.25, -0.2) is 0 Å². The lowest BCUT2D eigenvalue weighted by molar-refractivity contribution is -0.753. The van der Waals surface area contributed by atoms with Crippen LogP contribution in [0.15, 0.2) is 0 Å². The van der Waals surface area contributed by atoms with Crippen LogP contribution < -0.4 is 5.32 Å². The Morgan fingerprint density at radius 2 is 2.00 bits per heavy atom. The molecule has 0 bridgehead atoms. The fraction of sp³-hybridized carbons (Fsp3) is 0.833. The molecule has 0 heterocycles. The molecule has 0 aliphatic rings. The molecule has 0 aromatic rings. The van der Waals surface area contributed by atoms with Crippen LogP contribution in [-0.4, -0.2) is 45.3 Å². The molecule has 60 valence electrons. The number of carbonyl (C=O) groups is 1. The molecule has 3 nitrogen and oxygen atoms in total. The van der Waals surface area contributed by atoms with Gasteiger partial charge in [0.05, 0.1) is 0 Å². The first kappa shape index (κ1) is 9.49. The van der Waals surface area contributed by atoms with E-state index in [1.165, 1.54) is 0 Å². The molecule has 0 aromatic heterocycles. The molecule has 0 aromatic carbocycles. The van der Waals surface area contributed by atoms with E-state index in [4.69, 9.17) is 0 Å². The predicted molar refractivity (Wildman–Crippen MR) is 45.6 cm³/mol. The summed E-state index contributed by atoms with van der Waals surface area (Å²) in [5, 5.41) is 2.80. The Morgan fingerprint density at radius 3 is 2.30 bits per heavy atom. The van der Waals surface area contributed by atoms with Gasteiger partial charge < -0.3 is 14.5 Å². The summed E-state index contributed by atoms with van der Waals surface area (Å²) in [4.78, 5) is 11.0. The lowest BCUT2D eigenvalue weighted by Crippen LogP contribution is -2.46. The highest BCUT2D eigenvalue weighted by molar-refractivity contribution is 6.67. The molecule has 0 rings (SSSR count). The van der Waals surface area contributed by atoms with E-state index >= 15 is 0 Å². The Bertz CT molecular complexity index is 119. The average molecular weight is 144 g/mol. The van der Waals surface area contributed by atoms with Crippen molar-refractivity contribution in [2.24, 2.45) is 0 Å². The number of hydrogen-bond acceptors (Lipinski definition) is 1. The van der Waals surface area contributed by atoms with Crippen molar-refractivity contribution in [1.29, 1.82) is 0 Å². The molecule has 1 amide bonds. The molecular formula is C6H17BN2O. The van der Waals surface area contributed by atoms with Crippen LogP contribution in [0.25, 0.3) is 0 Å². The minimum atomic E-state index is -0.530. The zero-order valence-electron chi connectivity index (χ0n) is 7.56. The van der Waals surface area contributed by atoms with Crippen LogP contribution in [0.1, 0.15) is 6.92 Å². The largest absolute Gasteiger partial charge is 0.521 e. The van der Waals surface area contributed by atoms with Crippen molar-refractivity contribution in [1.82, 2.24) is 5.32 Å². The van der Waals surface area contributed by atoms with Crippen LogP contribution in [0.5, 0.6) is 0 Å². The molecule has 0 aliphatic carbocycles. The Morgan fingerprint density at radius 1 is 1.50 bits per heavy atom. The molecule has 1 N–H and O–H groups in total. The van der Waals surface area contributed by atoms with E-state index in [9.17, 15) is 4.79 Å². The van der Waals surface area contributed by atoms with Crippen molar-refractivity contribution in [3.8, 4) is 0 Å². The highest BCUT2D eigenvalue weighted by Crippen LogP contribution is 1.85. The number of quaternary nitrogens is 1. The molecule has 0 radical (unpaired) electrons. The van der Waals surface area contributed by atoms with Crippen molar-refractivity contribution < 1.29 is 9.19 Å². The SMILES string of the molecule is CCNC(=O)[BH2-][N+](C)(C)C. The lowest BCUT2D eigenvalue weighted by Gasteiger charge is -2.32. The Hall–Kier alpha value is -0.505. The van der Waals surface area contributed by atoms with Gasteiger partial charge in [-0.2, -0.15) is 0 Å². The lowest BCUT2D eigenvalue weighted by atomic mass is 9.88. The smallest absolute Gasteiger partial charge is 0.269 e. The molecule has 10 heavy (non-hydrogen) atoms. The summed E-state index contributed by atoms with van der Waals surface area (Å²) < 4.78 is 0.811. The summed E-state index contributed by atoms with van der Waals surface area (Å²) in [6, 6.07) is 0. The van der Waals surface area contributed by atoms with Gasteiger partial charge in [-0.1, -0.05) is 0 Å². The third kappa shape index (κ3) is 5.63. The van der Waals surface area contributed by atoms with Gasteiger partial charge in [0.2, 0.25) is 0 Å². The first-order valence-electron chi connectivity index (χ1n) is 3.80. The molecule has 4 heteroatoms. The third-order valence-electron chi connectivity index (χ3n) is 1.30. The topological polar surface area (TPSA) is 29.1 Å². The number of nitrogens with one attached hydrogen (secondary N) is 1. The Kier molecular flexibility index (Phi) is 3.43. The fourth-order valence-corrected chi connectivity index (χ4v) is 0.937. The predicted octanol–water partition coefficient (Wildman–Crippen LogP) is -0.494. The maximum atomic E-state index is 11.0. The summed E-state index contributed by atoms with van der Waals surface area (Å²) in [6.07, 6.45) is 0. The zero-order valence-corrected chi connectivity index (χ0v) is 7.56. The van der Waals surface area contributed by atoms with E-state index in [1.54, 1.807) is 0 Å². The molecule has 0 saturated carbocycles. The number of amides is 1. The van der Waals surface area contributed by atoms with E-state index in [0.29, 0.717) is 0 Å². The van der Waals surface area contributed by atoms with Gasteiger partial charge in [-0.3, -0.25) is 0 Å². The molecule has 0 atom stereocenters. The van der Waals surface area contributed by atoms with Crippen LogP contribution in [0.3, 0.4) is 0 Å². The average Bonchev–Trinajstić information content (AvgIpc) is 1.59. The normalized spacial score (nSPS) is 11.2. The third-order valence-corrected chi connectivity index (χ3v) is 1.30. The zero-order chi connectivity index (χ0) is 8.20. The molecule has 0 spiro atoms. The van der Waals surface area contributed by atoms with E-state index < -0.39 is 7.41 Å². The molecule has 0 saturated heterocycles. The van der Waals surface area contributed by atoms with Gasteiger partial charge in [0.1, 0.15) is 5.81 Å². The number of hydrogen-bond donors (Lipinski definition) is 1. The first-order valence-corrected chi connectivity index (χ1v) is 3.80. The first-order chi connectivity index (χ1) is 4.45. The van der Waals surface area contributed by atoms with Crippen LogP contribution in [0.2, 0.25) is 0 Å². The van der Waals surface area contributed by atoms with Gasteiger partial charge in [-0.15, -0.1) is 0 Å². The van der Waals surface area contributed by atoms with Crippen LogP contribution in [0.4, 0.5) is 4.79 Å². The van der Waals surface area contributed by atoms with Gasteiger partial charge in [-0.05, 0) is 6.92 Å². The highest BCUT2D eigenvalue weighted by atomic mass is 16.1. The van der Waals surface area contributed by atoms with E-state index in [-0.39, 0.29) is 5.81 Å². The van der Waals surface area contributed by atoms with Gasteiger partial charge in [0.25, 0.3) is 7.41 Å². The second kappa shape index (κ2) is 3.61. The second-order valence-electron chi connectivity index (χ2n) is 3.99. The van der Waals surface area contributed by atoms with Crippen molar-refractivity contribution in [3.05, 3.63) is 0 Å².